The van der Waals surface area contributed by atoms with Gasteiger partial charge in [0.2, 0.25) is 0 Å². The fourth-order valence-electron chi connectivity index (χ4n) is 3.65. The van der Waals surface area contributed by atoms with Crippen molar-refractivity contribution in [2.45, 2.75) is 32.6 Å². The van der Waals surface area contributed by atoms with Gasteiger partial charge in [0.05, 0.1) is 0 Å². The zero-order valence-corrected chi connectivity index (χ0v) is 16.3. The van der Waals surface area contributed by atoms with Crippen LogP contribution < -0.4 is 10.2 Å². The first-order valence-corrected chi connectivity index (χ1v) is 9.77. The van der Waals surface area contributed by atoms with Crippen LogP contribution in [0.15, 0.2) is 42.9 Å². The van der Waals surface area contributed by atoms with Gasteiger partial charge in [-0.3, -0.25) is 0 Å². The van der Waals surface area contributed by atoms with Crippen LogP contribution in [0.1, 0.15) is 36.9 Å². The molecule has 0 unspecified atom stereocenters. The Bertz CT molecular complexity index is 736. The molecular formula is C21H29N5O. The summed E-state index contributed by atoms with van der Waals surface area (Å²) in [7, 11) is 0. The third-order valence-electron chi connectivity index (χ3n) is 5.14. The van der Waals surface area contributed by atoms with Gasteiger partial charge in [0.25, 0.3) is 0 Å². The summed E-state index contributed by atoms with van der Waals surface area (Å²) in [4.78, 5) is 25.1. The molecule has 0 spiro atoms. The molecular weight excluding hydrogens is 338 g/mol. The Morgan fingerprint density at radius 1 is 1.37 bits per heavy atom. The Labute approximate surface area is 161 Å². The van der Waals surface area contributed by atoms with E-state index in [0.29, 0.717) is 12.5 Å². The molecule has 1 aliphatic rings. The normalized spacial score (nSPS) is 16.8. The second kappa shape index (κ2) is 9.35. The second-order valence-corrected chi connectivity index (χ2v) is 7.07. The fraction of sp³-hybridized carbons (Fsp3) is 0.476. The number of likely N-dealkylation sites (N-methyl/N-ethyl adjacent to an activating group) is 1. The third kappa shape index (κ3) is 5.18. The summed E-state index contributed by atoms with van der Waals surface area (Å²) >= 11 is 0. The lowest BCUT2D eigenvalue weighted by atomic mass is 9.95. The van der Waals surface area contributed by atoms with E-state index in [1.54, 1.807) is 12.5 Å². The number of amides is 2. The molecule has 1 aliphatic heterocycles. The summed E-state index contributed by atoms with van der Waals surface area (Å²) in [5, 5.41) is 3.09. The molecule has 2 heterocycles. The quantitative estimate of drug-likeness (QED) is 0.852. The highest BCUT2D eigenvalue weighted by Gasteiger charge is 2.25. The molecule has 6 nitrogen and oxygen atoms in total. The number of aromatic nitrogens is 2. The summed E-state index contributed by atoms with van der Waals surface area (Å²) in [6.45, 7) is 8.12. The Morgan fingerprint density at radius 2 is 2.26 bits per heavy atom. The second-order valence-electron chi connectivity index (χ2n) is 7.07. The van der Waals surface area contributed by atoms with Crippen molar-refractivity contribution >= 4 is 11.7 Å². The van der Waals surface area contributed by atoms with Crippen LogP contribution in [-0.2, 0) is 0 Å². The number of carbonyl (C=O) groups excluding carboxylic acids is 1. The maximum atomic E-state index is 12.6. The van der Waals surface area contributed by atoms with Crippen molar-refractivity contribution in [3.63, 3.8) is 0 Å². The van der Waals surface area contributed by atoms with E-state index in [1.807, 2.05) is 11.0 Å². The van der Waals surface area contributed by atoms with Gasteiger partial charge < -0.3 is 15.1 Å². The molecule has 6 heteroatoms. The molecule has 1 aromatic heterocycles. The summed E-state index contributed by atoms with van der Waals surface area (Å²) in [6.07, 6.45) is 5.43. The van der Waals surface area contributed by atoms with Gasteiger partial charge in [-0.25, -0.2) is 14.8 Å². The minimum atomic E-state index is 0.0223. The lowest BCUT2D eigenvalue weighted by Gasteiger charge is -2.32. The summed E-state index contributed by atoms with van der Waals surface area (Å²) < 4.78 is 0. The number of rotatable bonds is 6. The van der Waals surface area contributed by atoms with Crippen molar-refractivity contribution in [2.75, 3.05) is 37.6 Å². The van der Waals surface area contributed by atoms with E-state index in [-0.39, 0.29) is 6.03 Å². The maximum Gasteiger partial charge on any atom is 0.317 e. The Balaban J connectivity index is 1.50. The number of carbonyl (C=O) groups is 1. The highest BCUT2D eigenvalue weighted by Crippen LogP contribution is 2.25. The molecule has 0 aliphatic carbocycles. The minimum Gasteiger partial charge on any atom is -0.370 e. The molecule has 2 aromatic rings. The van der Waals surface area contributed by atoms with Gasteiger partial charge in [0.15, 0.2) is 0 Å². The van der Waals surface area contributed by atoms with Crippen LogP contribution in [0.4, 0.5) is 10.5 Å². The fourth-order valence-corrected chi connectivity index (χ4v) is 3.65. The number of hydrogen-bond donors (Lipinski definition) is 1. The van der Waals surface area contributed by atoms with Gasteiger partial charge in [-0.05, 0) is 50.5 Å². The summed E-state index contributed by atoms with van der Waals surface area (Å²) in [5.41, 5.74) is 3.48. The van der Waals surface area contributed by atoms with Gasteiger partial charge in [0, 0.05) is 56.2 Å². The topological polar surface area (TPSA) is 61.4 Å². The van der Waals surface area contributed by atoms with Crippen molar-refractivity contribution in [3.05, 3.63) is 54.1 Å². The number of anilines is 1. The van der Waals surface area contributed by atoms with Crippen LogP contribution in [0.2, 0.25) is 0 Å². The number of likely N-dealkylation sites (tertiary alicyclic amines) is 1. The molecule has 1 N–H and O–H groups in total. The lowest BCUT2D eigenvalue weighted by Crippen LogP contribution is -2.47. The van der Waals surface area contributed by atoms with Crippen LogP contribution in [-0.4, -0.2) is 53.6 Å². The predicted octanol–water partition coefficient (Wildman–Crippen LogP) is 3.20. The van der Waals surface area contributed by atoms with Gasteiger partial charge in [-0.1, -0.05) is 12.1 Å². The molecule has 27 heavy (non-hydrogen) atoms. The smallest absolute Gasteiger partial charge is 0.317 e. The van der Waals surface area contributed by atoms with Crippen LogP contribution in [0.3, 0.4) is 0 Å². The maximum absolute atomic E-state index is 12.6. The molecule has 3 rings (SSSR count). The number of nitrogens with one attached hydrogen (secondary N) is 1. The van der Waals surface area contributed by atoms with E-state index in [2.05, 4.69) is 58.3 Å². The Morgan fingerprint density at radius 3 is 3.00 bits per heavy atom. The molecule has 0 bridgehead atoms. The first-order valence-electron chi connectivity index (χ1n) is 9.77. The van der Waals surface area contributed by atoms with Crippen LogP contribution in [0, 0.1) is 6.92 Å². The zero-order valence-electron chi connectivity index (χ0n) is 16.3. The minimum absolute atomic E-state index is 0.0223. The van der Waals surface area contributed by atoms with Crippen molar-refractivity contribution in [3.8, 4) is 0 Å². The van der Waals surface area contributed by atoms with Crippen molar-refractivity contribution in [1.29, 1.82) is 0 Å². The molecule has 144 valence electrons. The highest BCUT2D eigenvalue weighted by molar-refractivity contribution is 5.74. The van der Waals surface area contributed by atoms with Crippen LogP contribution >= 0.6 is 0 Å². The average molecular weight is 367 g/mol. The van der Waals surface area contributed by atoms with Crippen LogP contribution in [0.25, 0.3) is 0 Å². The lowest BCUT2D eigenvalue weighted by molar-refractivity contribution is 0.179. The number of benzene rings is 1. The van der Waals surface area contributed by atoms with Gasteiger partial charge in [0.1, 0.15) is 6.33 Å². The van der Waals surface area contributed by atoms with Crippen molar-refractivity contribution in [2.24, 2.45) is 0 Å². The highest BCUT2D eigenvalue weighted by atomic mass is 16.2. The zero-order chi connectivity index (χ0) is 19.1. The van der Waals surface area contributed by atoms with Crippen molar-refractivity contribution < 1.29 is 4.79 Å². The van der Waals surface area contributed by atoms with E-state index in [4.69, 9.17) is 0 Å². The van der Waals surface area contributed by atoms with E-state index in [0.717, 1.165) is 44.7 Å². The van der Waals surface area contributed by atoms with E-state index < -0.39 is 0 Å². The van der Waals surface area contributed by atoms with Gasteiger partial charge in [-0.2, -0.15) is 0 Å². The number of nitrogens with zero attached hydrogens (tertiary/aromatic N) is 4. The number of piperidine rings is 1. The largest absolute Gasteiger partial charge is 0.370 e. The molecule has 1 saturated heterocycles. The average Bonchev–Trinajstić information content (AvgIpc) is 2.72. The number of aryl methyl sites for hydroxylation is 1. The summed E-state index contributed by atoms with van der Waals surface area (Å²) in [6, 6.07) is 10.5. The molecule has 0 radical (unpaired) electrons. The third-order valence-corrected chi connectivity index (χ3v) is 5.14. The summed E-state index contributed by atoms with van der Waals surface area (Å²) in [5.74, 6) is 0.298. The van der Waals surface area contributed by atoms with E-state index >= 15 is 0 Å². The molecule has 1 atom stereocenters. The molecule has 1 fully saturated rings. The monoisotopic (exact) mass is 367 g/mol. The first-order chi connectivity index (χ1) is 13.2. The first kappa shape index (κ1) is 19.1. The molecule has 1 aromatic carbocycles. The number of hydrogen-bond acceptors (Lipinski definition) is 4. The van der Waals surface area contributed by atoms with E-state index in [1.165, 1.54) is 11.3 Å². The number of urea groups is 1. The van der Waals surface area contributed by atoms with Gasteiger partial charge in [-0.15, -0.1) is 0 Å². The Hall–Kier alpha value is -2.63. The SMILES string of the molecule is CCN(CCNC(=O)N1CCC[C@@H](c2ccncn2)C1)c1cccc(C)c1. The standard InChI is InChI=1S/C21H29N5O/c1-3-25(19-8-4-6-17(2)14-19)13-11-23-21(27)26-12-5-7-18(15-26)20-9-10-22-16-24-20/h4,6,8-10,14,16,18H,3,5,7,11-13,15H2,1-2H3,(H,23,27)/t18-/m1/s1. The predicted molar refractivity (Wildman–Crippen MR) is 108 cm³/mol. The molecule has 2 amide bonds. The van der Waals surface area contributed by atoms with E-state index in [9.17, 15) is 4.79 Å². The van der Waals surface area contributed by atoms with Gasteiger partial charge >= 0.3 is 6.03 Å². The van der Waals surface area contributed by atoms with Crippen LogP contribution in [0.5, 0.6) is 0 Å². The molecule has 0 saturated carbocycles. The Kier molecular flexibility index (Phi) is 6.63. The van der Waals surface area contributed by atoms with Crippen molar-refractivity contribution in [1.82, 2.24) is 20.2 Å².